The number of anilines is 1. The van der Waals surface area contributed by atoms with E-state index in [1.165, 1.54) is 0 Å². The average molecular weight is 503 g/mol. The molecule has 1 aliphatic heterocycles. The molecule has 2 heterocycles. The normalized spacial score (nSPS) is 14.4. The minimum absolute atomic E-state index is 0.0581. The lowest BCUT2D eigenvalue weighted by atomic mass is 9.94. The van der Waals surface area contributed by atoms with Crippen molar-refractivity contribution in [1.82, 2.24) is 14.7 Å². The number of hydrogen-bond donors (Lipinski definition) is 2. The van der Waals surface area contributed by atoms with Crippen molar-refractivity contribution in [3.63, 3.8) is 0 Å². The molecule has 0 saturated carbocycles. The average Bonchev–Trinajstić information content (AvgIpc) is 3.08. The molecular formula is C17H13BrF2N4O3S2. The molecule has 152 valence electrons. The molecule has 3 aromatic rings. The van der Waals surface area contributed by atoms with Crippen LogP contribution in [0.2, 0.25) is 0 Å². The van der Waals surface area contributed by atoms with E-state index >= 15 is 0 Å². The van der Waals surface area contributed by atoms with Crippen LogP contribution in [-0.4, -0.2) is 30.9 Å². The van der Waals surface area contributed by atoms with Gasteiger partial charge in [-0.1, -0.05) is 15.9 Å². The van der Waals surface area contributed by atoms with Crippen LogP contribution in [0, 0.1) is 11.6 Å². The zero-order chi connectivity index (χ0) is 20.6. The highest BCUT2D eigenvalue weighted by molar-refractivity contribution is 9.10. The molecule has 0 unspecified atom stereocenters. The van der Waals surface area contributed by atoms with Crippen molar-refractivity contribution in [2.24, 2.45) is 0 Å². The fraction of sp³-hybridized carbons (Fsp3) is 0.176. The topological polar surface area (TPSA) is 93.2 Å². The van der Waals surface area contributed by atoms with Crippen LogP contribution in [-0.2, 0) is 10.0 Å². The van der Waals surface area contributed by atoms with Crippen molar-refractivity contribution in [1.29, 1.82) is 0 Å². The highest BCUT2D eigenvalue weighted by atomic mass is 79.9. The van der Waals surface area contributed by atoms with Gasteiger partial charge < -0.3 is 10.1 Å². The first-order chi connectivity index (χ1) is 13.8. The van der Waals surface area contributed by atoms with E-state index < -0.39 is 32.3 Å². The van der Waals surface area contributed by atoms with Crippen molar-refractivity contribution in [3.8, 4) is 11.5 Å². The Hall–Kier alpha value is -2.15. The van der Waals surface area contributed by atoms with Crippen LogP contribution in [0.3, 0.4) is 0 Å². The maximum Gasteiger partial charge on any atom is 0.266 e. The van der Waals surface area contributed by atoms with Crippen LogP contribution in [0.15, 0.2) is 46.0 Å². The quantitative estimate of drug-likeness (QED) is 0.531. The molecule has 2 aromatic carbocycles. The highest BCUT2D eigenvalue weighted by Crippen LogP contribution is 2.33. The molecule has 2 N–H and O–H groups in total. The second kappa shape index (κ2) is 7.94. The number of rotatable bonds is 6. The van der Waals surface area contributed by atoms with Gasteiger partial charge in [-0.05, 0) is 23.8 Å². The zero-order valence-electron chi connectivity index (χ0n) is 14.5. The van der Waals surface area contributed by atoms with Crippen LogP contribution < -0.4 is 14.8 Å². The molecule has 29 heavy (non-hydrogen) atoms. The van der Waals surface area contributed by atoms with Gasteiger partial charge in [0, 0.05) is 47.1 Å². The van der Waals surface area contributed by atoms with E-state index in [1.807, 2.05) is 10.8 Å². The summed E-state index contributed by atoms with van der Waals surface area (Å²) >= 11 is 4.15. The lowest BCUT2D eigenvalue weighted by molar-refractivity contribution is 0.425. The maximum atomic E-state index is 14.5. The number of benzene rings is 2. The summed E-state index contributed by atoms with van der Waals surface area (Å²) in [5.41, 5.74) is 0.995. The van der Waals surface area contributed by atoms with E-state index in [0.717, 1.165) is 41.0 Å². The van der Waals surface area contributed by atoms with Crippen LogP contribution in [0.5, 0.6) is 11.5 Å². The van der Waals surface area contributed by atoms with Crippen LogP contribution in [0.4, 0.5) is 13.9 Å². The summed E-state index contributed by atoms with van der Waals surface area (Å²) in [5.74, 6) is -1.97. The van der Waals surface area contributed by atoms with Gasteiger partial charge in [0.05, 0.1) is 0 Å². The van der Waals surface area contributed by atoms with Crippen LogP contribution in [0.1, 0.15) is 11.5 Å². The Morgan fingerprint density at radius 2 is 1.97 bits per heavy atom. The van der Waals surface area contributed by atoms with Crippen LogP contribution in [0.25, 0.3) is 0 Å². The number of nitrogens with zero attached hydrogens (tertiary/aromatic N) is 2. The molecule has 4 rings (SSSR count). The molecule has 0 aliphatic carbocycles. The summed E-state index contributed by atoms with van der Waals surface area (Å²) < 4.78 is 65.6. The Balaban J connectivity index is 1.61. The first-order valence-electron chi connectivity index (χ1n) is 8.29. The van der Waals surface area contributed by atoms with Crippen molar-refractivity contribution in [3.05, 3.63) is 58.3 Å². The summed E-state index contributed by atoms with van der Waals surface area (Å²) in [6.45, 7) is 1.65. The Labute approximate surface area is 177 Å². The van der Waals surface area contributed by atoms with Gasteiger partial charge in [0.1, 0.15) is 22.8 Å². The Kier molecular flexibility index (Phi) is 5.51. The maximum absolute atomic E-state index is 14.5. The van der Waals surface area contributed by atoms with Gasteiger partial charge in [0.25, 0.3) is 10.0 Å². The number of aromatic nitrogens is 2. The van der Waals surface area contributed by atoms with Crippen LogP contribution >= 0.6 is 27.5 Å². The molecule has 0 atom stereocenters. The van der Waals surface area contributed by atoms with Gasteiger partial charge in [0.2, 0.25) is 5.13 Å². The smallest absolute Gasteiger partial charge is 0.266 e. The third kappa shape index (κ3) is 4.39. The molecule has 1 saturated heterocycles. The Morgan fingerprint density at radius 1 is 1.17 bits per heavy atom. The van der Waals surface area contributed by atoms with Gasteiger partial charge in [-0.25, -0.2) is 22.2 Å². The predicted octanol–water partition coefficient (Wildman–Crippen LogP) is 3.86. The number of nitrogens with one attached hydrogen (secondary N) is 2. The number of ether oxygens (including phenoxy) is 1. The van der Waals surface area contributed by atoms with Crippen molar-refractivity contribution >= 4 is 42.6 Å². The van der Waals surface area contributed by atoms with Gasteiger partial charge >= 0.3 is 0 Å². The minimum Gasteiger partial charge on any atom is -0.454 e. The van der Waals surface area contributed by atoms with E-state index in [1.54, 1.807) is 12.1 Å². The first-order valence-corrected chi connectivity index (χ1v) is 11.3. The molecule has 0 spiro atoms. The summed E-state index contributed by atoms with van der Waals surface area (Å²) in [4.78, 5) is 2.81. The van der Waals surface area contributed by atoms with Crippen molar-refractivity contribution in [2.45, 2.75) is 10.8 Å². The van der Waals surface area contributed by atoms with E-state index in [0.29, 0.717) is 23.8 Å². The van der Waals surface area contributed by atoms with Gasteiger partial charge in [-0.3, -0.25) is 4.72 Å². The molecule has 1 aromatic heterocycles. The second-order valence-corrected chi connectivity index (χ2v) is 9.59. The van der Waals surface area contributed by atoms with E-state index in [2.05, 4.69) is 30.6 Å². The summed E-state index contributed by atoms with van der Waals surface area (Å²) in [5, 5.41) is 3.11. The SMILES string of the molecule is O=S(=O)(Nc1ncns1)c1cc(F)c(Oc2cc(Br)cc(C3CNC3)c2)cc1F. The summed E-state index contributed by atoms with van der Waals surface area (Å²) in [6.07, 6.45) is 1.14. The molecular weight excluding hydrogens is 490 g/mol. The third-order valence-electron chi connectivity index (χ3n) is 4.23. The number of hydrogen-bond acceptors (Lipinski definition) is 7. The van der Waals surface area contributed by atoms with Gasteiger partial charge in [-0.15, -0.1) is 0 Å². The first kappa shape index (κ1) is 20.1. The second-order valence-electron chi connectivity index (χ2n) is 6.24. The predicted molar refractivity (Wildman–Crippen MR) is 107 cm³/mol. The highest BCUT2D eigenvalue weighted by Gasteiger charge is 2.24. The lowest BCUT2D eigenvalue weighted by Gasteiger charge is -2.28. The number of sulfonamides is 1. The summed E-state index contributed by atoms with van der Waals surface area (Å²) in [7, 11) is -4.37. The van der Waals surface area contributed by atoms with Gasteiger partial charge in [-0.2, -0.15) is 4.37 Å². The van der Waals surface area contributed by atoms with Gasteiger partial charge in [0.15, 0.2) is 11.6 Å². The molecule has 1 fully saturated rings. The molecule has 7 nitrogen and oxygen atoms in total. The van der Waals surface area contributed by atoms with Crippen molar-refractivity contribution in [2.75, 3.05) is 17.8 Å². The standard InChI is InChI=1S/C17H13BrF2N4O3S2/c18-11-1-9(10-6-21-7-10)2-12(3-11)27-15-4-14(20)16(5-13(15)19)29(25,26)24-17-22-8-23-28-17/h1-5,8,10,21H,6-7H2,(H,22,23,24). The fourth-order valence-electron chi connectivity index (χ4n) is 2.71. The van der Waals surface area contributed by atoms with E-state index in [-0.39, 0.29) is 5.13 Å². The lowest BCUT2D eigenvalue weighted by Crippen LogP contribution is -2.39. The van der Waals surface area contributed by atoms with E-state index in [4.69, 9.17) is 4.74 Å². The monoisotopic (exact) mass is 502 g/mol. The third-order valence-corrected chi connectivity index (χ3v) is 6.75. The molecule has 0 bridgehead atoms. The van der Waals surface area contributed by atoms with E-state index in [9.17, 15) is 17.2 Å². The fourth-order valence-corrected chi connectivity index (χ4v) is 4.94. The summed E-state index contributed by atoms with van der Waals surface area (Å²) in [6, 6.07) is 6.58. The molecule has 12 heteroatoms. The minimum atomic E-state index is -4.37. The Morgan fingerprint density at radius 3 is 2.62 bits per heavy atom. The molecule has 0 radical (unpaired) electrons. The van der Waals surface area contributed by atoms with Crippen molar-refractivity contribution < 1.29 is 21.9 Å². The zero-order valence-corrected chi connectivity index (χ0v) is 17.7. The molecule has 1 aliphatic rings. The molecule has 0 amide bonds. The number of halogens is 3. The Bertz CT molecular complexity index is 1160. The largest absolute Gasteiger partial charge is 0.454 e.